The molecule has 0 bridgehead atoms. The predicted molar refractivity (Wildman–Crippen MR) is 63.0 cm³/mol. The van der Waals surface area contributed by atoms with Crippen LogP contribution in [0.1, 0.15) is 12.8 Å². The molecule has 1 aromatic heterocycles. The lowest BCUT2D eigenvalue weighted by atomic mass is 10.1. The molecule has 0 radical (unpaired) electrons. The van der Waals surface area contributed by atoms with Gasteiger partial charge in [-0.1, -0.05) is 0 Å². The number of hydrogen-bond acceptors (Lipinski definition) is 4. The van der Waals surface area contributed by atoms with Gasteiger partial charge in [0.2, 0.25) is 0 Å². The van der Waals surface area contributed by atoms with Crippen LogP contribution in [0.15, 0.2) is 18.5 Å². The maximum Gasteiger partial charge on any atom is 0.139 e. The van der Waals surface area contributed by atoms with Crippen molar-refractivity contribution in [3.63, 3.8) is 0 Å². The van der Waals surface area contributed by atoms with Crippen LogP contribution in [0.25, 0.3) is 0 Å². The largest absolute Gasteiger partial charge is 0.490 e. The van der Waals surface area contributed by atoms with E-state index in [9.17, 15) is 0 Å². The van der Waals surface area contributed by atoms with Crippen LogP contribution in [0.3, 0.4) is 0 Å². The summed E-state index contributed by atoms with van der Waals surface area (Å²) in [6, 6.07) is 2.62. The summed E-state index contributed by atoms with van der Waals surface area (Å²) in [4.78, 5) is 6.54. The van der Waals surface area contributed by atoms with E-state index in [2.05, 4.69) is 21.3 Å². The van der Waals surface area contributed by atoms with E-state index >= 15 is 0 Å². The molecule has 0 unspecified atom stereocenters. The molecule has 0 aliphatic carbocycles. The molecule has 2 saturated heterocycles. The molecule has 2 aliphatic rings. The molecule has 86 valence electrons. The SMILES string of the molecule is c1ncc(N2CCC2)cc1OC[C@@H]1CCN1. The van der Waals surface area contributed by atoms with E-state index in [1.807, 2.05) is 6.20 Å². The molecule has 3 rings (SSSR count). The van der Waals surface area contributed by atoms with Crippen LogP contribution in [0.5, 0.6) is 5.75 Å². The smallest absolute Gasteiger partial charge is 0.139 e. The predicted octanol–water partition coefficient (Wildman–Crippen LogP) is 1.03. The van der Waals surface area contributed by atoms with Gasteiger partial charge in [0.15, 0.2) is 0 Å². The summed E-state index contributed by atoms with van der Waals surface area (Å²) in [6.07, 6.45) is 6.21. The fourth-order valence-corrected chi connectivity index (χ4v) is 1.92. The van der Waals surface area contributed by atoms with Crippen LogP contribution in [-0.2, 0) is 0 Å². The lowest BCUT2D eigenvalue weighted by molar-refractivity contribution is 0.217. The molecule has 4 nitrogen and oxygen atoms in total. The van der Waals surface area contributed by atoms with Crippen molar-refractivity contribution in [2.45, 2.75) is 18.9 Å². The third-order valence-corrected chi connectivity index (χ3v) is 3.30. The minimum atomic E-state index is 0.535. The first kappa shape index (κ1) is 9.90. The highest BCUT2D eigenvalue weighted by Gasteiger charge is 2.18. The first-order valence-electron chi connectivity index (χ1n) is 5.98. The van der Waals surface area contributed by atoms with Gasteiger partial charge in [0.1, 0.15) is 12.4 Å². The quantitative estimate of drug-likeness (QED) is 0.821. The van der Waals surface area contributed by atoms with Crippen molar-refractivity contribution < 1.29 is 4.74 Å². The minimum Gasteiger partial charge on any atom is -0.490 e. The van der Waals surface area contributed by atoms with Gasteiger partial charge in [-0.2, -0.15) is 0 Å². The van der Waals surface area contributed by atoms with Crippen LogP contribution >= 0.6 is 0 Å². The number of aromatic nitrogens is 1. The number of rotatable bonds is 4. The second-order valence-corrected chi connectivity index (χ2v) is 4.47. The van der Waals surface area contributed by atoms with Crippen LogP contribution in [0, 0.1) is 0 Å². The molecule has 2 aliphatic heterocycles. The number of nitrogens with one attached hydrogen (secondary N) is 1. The van der Waals surface area contributed by atoms with E-state index in [1.54, 1.807) is 6.20 Å². The minimum absolute atomic E-state index is 0.535. The summed E-state index contributed by atoms with van der Waals surface area (Å²) < 4.78 is 5.72. The fraction of sp³-hybridized carbons (Fsp3) is 0.583. The molecule has 0 aromatic carbocycles. The zero-order valence-corrected chi connectivity index (χ0v) is 9.35. The van der Waals surface area contributed by atoms with E-state index < -0.39 is 0 Å². The Labute approximate surface area is 95.6 Å². The molecule has 1 atom stereocenters. The Morgan fingerprint density at radius 3 is 2.94 bits per heavy atom. The van der Waals surface area contributed by atoms with Crippen molar-refractivity contribution in [3.8, 4) is 5.75 Å². The van der Waals surface area contributed by atoms with E-state index in [-0.39, 0.29) is 0 Å². The maximum atomic E-state index is 5.72. The van der Waals surface area contributed by atoms with Gasteiger partial charge in [0.25, 0.3) is 0 Å². The Hall–Kier alpha value is -1.29. The van der Waals surface area contributed by atoms with Crippen molar-refractivity contribution in [1.29, 1.82) is 0 Å². The Bertz CT molecular complexity index is 361. The van der Waals surface area contributed by atoms with E-state index in [0.717, 1.165) is 32.0 Å². The number of anilines is 1. The van der Waals surface area contributed by atoms with Crippen molar-refractivity contribution >= 4 is 5.69 Å². The maximum absolute atomic E-state index is 5.72. The van der Waals surface area contributed by atoms with Gasteiger partial charge in [-0.25, -0.2) is 0 Å². The Morgan fingerprint density at radius 1 is 1.44 bits per heavy atom. The highest BCUT2D eigenvalue weighted by molar-refractivity contribution is 5.49. The van der Waals surface area contributed by atoms with Crippen LogP contribution in [0.4, 0.5) is 5.69 Å². The molecule has 1 aromatic rings. The van der Waals surface area contributed by atoms with E-state index in [1.165, 1.54) is 18.5 Å². The second-order valence-electron chi connectivity index (χ2n) is 4.47. The van der Waals surface area contributed by atoms with Crippen molar-refractivity contribution in [1.82, 2.24) is 10.3 Å². The summed E-state index contributed by atoms with van der Waals surface area (Å²) in [5.41, 5.74) is 1.19. The summed E-state index contributed by atoms with van der Waals surface area (Å²) in [5.74, 6) is 0.887. The number of pyridine rings is 1. The zero-order chi connectivity index (χ0) is 10.8. The van der Waals surface area contributed by atoms with Gasteiger partial charge in [-0.05, 0) is 19.4 Å². The van der Waals surface area contributed by atoms with Gasteiger partial charge in [0, 0.05) is 25.2 Å². The molecule has 2 fully saturated rings. The molecule has 4 heteroatoms. The van der Waals surface area contributed by atoms with Crippen molar-refractivity contribution in [2.24, 2.45) is 0 Å². The molecular formula is C12H17N3O. The van der Waals surface area contributed by atoms with Gasteiger partial charge >= 0.3 is 0 Å². The van der Waals surface area contributed by atoms with E-state index in [4.69, 9.17) is 4.74 Å². The monoisotopic (exact) mass is 219 g/mol. The molecule has 0 amide bonds. The Morgan fingerprint density at radius 2 is 2.31 bits per heavy atom. The molecule has 0 saturated carbocycles. The molecule has 3 heterocycles. The van der Waals surface area contributed by atoms with Crippen molar-refractivity contribution in [2.75, 3.05) is 31.1 Å². The lowest BCUT2D eigenvalue weighted by Gasteiger charge is -2.33. The average Bonchev–Trinajstić information content (AvgIpc) is 2.13. The fourth-order valence-electron chi connectivity index (χ4n) is 1.92. The average molecular weight is 219 g/mol. The van der Waals surface area contributed by atoms with Gasteiger partial charge in [-0.3, -0.25) is 4.98 Å². The summed E-state index contributed by atoms with van der Waals surface area (Å²) >= 11 is 0. The van der Waals surface area contributed by atoms with Crippen LogP contribution in [-0.4, -0.2) is 37.3 Å². The first-order chi connectivity index (χ1) is 7.92. The molecule has 0 spiro atoms. The highest BCUT2D eigenvalue weighted by Crippen LogP contribution is 2.23. The van der Waals surface area contributed by atoms with Crippen molar-refractivity contribution in [3.05, 3.63) is 18.5 Å². The van der Waals surface area contributed by atoms with E-state index in [0.29, 0.717) is 6.04 Å². The molecule has 1 N–H and O–H groups in total. The standard InChI is InChI=1S/C12H17N3O/c1-4-15(5-1)11-6-12(8-13-7-11)16-9-10-2-3-14-10/h6-8,10,14H,1-5,9H2/t10-/m0/s1. The number of ether oxygens (including phenoxy) is 1. The van der Waals surface area contributed by atoms with Gasteiger partial charge in [-0.15, -0.1) is 0 Å². The number of nitrogens with zero attached hydrogens (tertiary/aromatic N) is 2. The number of hydrogen-bond donors (Lipinski definition) is 1. The second kappa shape index (κ2) is 4.29. The summed E-state index contributed by atoms with van der Waals surface area (Å²) in [6.45, 7) is 4.18. The van der Waals surface area contributed by atoms with Gasteiger partial charge < -0.3 is 15.0 Å². The molecular weight excluding hydrogens is 202 g/mol. The normalized spacial score (nSPS) is 23.5. The topological polar surface area (TPSA) is 37.4 Å². The Balaban J connectivity index is 1.60. The highest BCUT2D eigenvalue weighted by atomic mass is 16.5. The third kappa shape index (κ3) is 1.97. The van der Waals surface area contributed by atoms with Crippen LogP contribution < -0.4 is 15.0 Å². The first-order valence-corrected chi connectivity index (χ1v) is 5.98. The third-order valence-electron chi connectivity index (χ3n) is 3.30. The lowest BCUT2D eigenvalue weighted by Crippen LogP contribution is -2.46. The van der Waals surface area contributed by atoms with Gasteiger partial charge in [0.05, 0.1) is 18.1 Å². The zero-order valence-electron chi connectivity index (χ0n) is 9.35. The Kier molecular flexibility index (Phi) is 2.66. The molecule has 16 heavy (non-hydrogen) atoms. The summed E-state index contributed by atoms with van der Waals surface area (Å²) in [5, 5.41) is 3.32. The summed E-state index contributed by atoms with van der Waals surface area (Å²) in [7, 11) is 0. The van der Waals surface area contributed by atoms with Crippen LogP contribution in [0.2, 0.25) is 0 Å².